The molecule has 0 bridgehead atoms. The van der Waals surface area contributed by atoms with E-state index in [0.717, 1.165) is 11.4 Å². The second kappa shape index (κ2) is 7.69. The first-order chi connectivity index (χ1) is 13.5. The van der Waals surface area contributed by atoms with Crippen LogP contribution in [0.4, 0.5) is 9.52 Å². The Balaban J connectivity index is 1.41. The van der Waals surface area contributed by atoms with Gasteiger partial charge in [0.2, 0.25) is 5.91 Å². The number of nitrogens with one attached hydrogen (secondary N) is 1. The highest BCUT2D eigenvalue weighted by atomic mass is 32.2. The first-order valence-electron chi connectivity index (χ1n) is 8.45. The fourth-order valence-electron chi connectivity index (χ4n) is 2.63. The second-order valence-corrected chi connectivity index (χ2v) is 8.17. The van der Waals surface area contributed by atoms with Gasteiger partial charge in [0.25, 0.3) is 0 Å². The summed E-state index contributed by atoms with van der Waals surface area (Å²) in [6, 6.07) is 12.4. The van der Waals surface area contributed by atoms with Crippen molar-refractivity contribution in [2.75, 3.05) is 11.1 Å². The molecule has 28 heavy (non-hydrogen) atoms. The zero-order chi connectivity index (χ0) is 19.7. The molecular formula is C19H16FN5OS2. The van der Waals surface area contributed by atoms with Gasteiger partial charge in [-0.1, -0.05) is 52.9 Å². The van der Waals surface area contributed by atoms with Gasteiger partial charge in [0.15, 0.2) is 16.1 Å². The van der Waals surface area contributed by atoms with E-state index in [0.29, 0.717) is 20.5 Å². The largest absolute Gasteiger partial charge is 0.305 e. The summed E-state index contributed by atoms with van der Waals surface area (Å²) >= 11 is 2.54. The molecular weight excluding hydrogens is 397 g/mol. The third kappa shape index (κ3) is 3.90. The van der Waals surface area contributed by atoms with Gasteiger partial charge in [-0.25, -0.2) is 9.37 Å². The summed E-state index contributed by atoms with van der Waals surface area (Å²) in [5.74, 6) is 0.390. The number of thioether (sulfide) groups is 1. The lowest BCUT2D eigenvalue weighted by Crippen LogP contribution is -2.14. The van der Waals surface area contributed by atoms with Gasteiger partial charge in [-0.05, 0) is 25.1 Å². The van der Waals surface area contributed by atoms with Crippen LogP contribution < -0.4 is 5.32 Å². The zero-order valence-electron chi connectivity index (χ0n) is 15.1. The van der Waals surface area contributed by atoms with Crippen LogP contribution in [0.3, 0.4) is 0 Å². The Bertz CT molecular complexity index is 1150. The SMILES string of the molecule is Cc1ccc(-c2nnc(SCC(=O)Nc3nc4ccc(F)cc4s3)n2C)cc1. The number of hydrogen-bond donors (Lipinski definition) is 1. The van der Waals surface area contributed by atoms with E-state index in [-0.39, 0.29) is 17.5 Å². The molecule has 0 aliphatic heterocycles. The lowest BCUT2D eigenvalue weighted by molar-refractivity contribution is -0.113. The van der Waals surface area contributed by atoms with Gasteiger partial charge in [0.1, 0.15) is 5.82 Å². The minimum Gasteiger partial charge on any atom is -0.305 e. The first-order valence-corrected chi connectivity index (χ1v) is 10.2. The number of carbonyl (C=O) groups is 1. The molecule has 0 saturated carbocycles. The Morgan fingerprint density at radius 2 is 2.00 bits per heavy atom. The Hall–Kier alpha value is -2.78. The number of rotatable bonds is 5. The quantitative estimate of drug-likeness (QED) is 0.495. The molecule has 142 valence electrons. The van der Waals surface area contributed by atoms with Gasteiger partial charge < -0.3 is 9.88 Å². The molecule has 1 N–H and O–H groups in total. The Morgan fingerprint density at radius 1 is 1.21 bits per heavy atom. The van der Waals surface area contributed by atoms with Crippen LogP contribution >= 0.6 is 23.1 Å². The molecule has 0 unspecified atom stereocenters. The number of amides is 1. The normalized spacial score (nSPS) is 11.1. The van der Waals surface area contributed by atoms with E-state index < -0.39 is 0 Å². The van der Waals surface area contributed by atoms with Crippen molar-refractivity contribution in [1.29, 1.82) is 0 Å². The van der Waals surface area contributed by atoms with E-state index in [4.69, 9.17) is 0 Å². The van der Waals surface area contributed by atoms with Gasteiger partial charge in [-0.15, -0.1) is 10.2 Å². The summed E-state index contributed by atoms with van der Waals surface area (Å²) in [6.45, 7) is 2.03. The molecule has 2 aromatic heterocycles. The smallest absolute Gasteiger partial charge is 0.236 e. The topological polar surface area (TPSA) is 72.7 Å². The van der Waals surface area contributed by atoms with E-state index in [1.54, 1.807) is 6.07 Å². The molecule has 0 aliphatic carbocycles. The van der Waals surface area contributed by atoms with Crippen molar-refractivity contribution >= 4 is 44.4 Å². The van der Waals surface area contributed by atoms with Crippen molar-refractivity contribution < 1.29 is 9.18 Å². The minimum absolute atomic E-state index is 0.171. The van der Waals surface area contributed by atoms with Gasteiger partial charge >= 0.3 is 0 Å². The van der Waals surface area contributed by atoms with Crippen LogP contribution in [0, 0.1) is 12.7 Å². The van der Waals surface area contributed by atoms with Gasteiger partial charge in [0.05, 0.1) is 16.0 Å². The molecule has 0 spiro atoms. The molecule has 0 saturated heterocycles. The van der Waals surface area contributed by atoms with Crippen molar-refractivity contribution in [3.05, 3.63) is 53.8 Å². The third-order valence-electron chi connectivity index (χ3n) is 4.07. The van der Waals surface area contributed by atoms with E-state index >= 15 is 0 Å². The monoisotopic (exact) mass is 413 g/mol. The number of thiazole rings is 1. The van der Waals surface area contributed by atoms with E-state index in [1.807, 2.05) is 42.8 Å². The summed E-state index contributed by atoms with van der Waals surface area (Å²) in [4.78, 5) is 16.6. The Kier molecular flexibility index (Phi) is 5.10. The summed E-state index contributed by atoms with van der Waals surface area (Å²) in [6.07, 6.45) is 0. The average molecular weight is 414 g/mol. The lowest BCUT2D eigenvalue weighted by atomic mass is 10.1. The number of benzene rings is 2. The number of aryl methyl sites for hydroxylation is 1. The summed E-state index contributed by atoms with van der Waals surface area (Å²) in [5.41, 5.74) is 2.80. The van der Waals surface area contributed by atoms with E-state index in [9.17, 15) is 9.18 Å². The highest BCUT2D eigenvalue weighted by Gasteiger charge is 2.14. The number of carbonyl (C=O) groups excluding carboxylic acids is 1. The molecule has 2 heterocycles. The fraction of sp³-hybridized carbons (Fsp3) is 0.158. The van der Waals surface area contributed by atoms with Crippen molar-refractivity contribution in [1.82, 2.24) is 19.7 Å². The van der Waals surface area contributed by atoms with E-state index in [2.05, 4.69) is 20.5 Å². The van der Waals surface area contributed by atoms with Gasteiger partial charge in [0, 0.05) is 12.6 Å². The molecule has 0 atom stereocenters. The fourth-order valence-corrected chi connectivity index (χ4v) is 4.25. The van der Waals surface area contributed by atoms with Crippen LogP contribution in [0.25, 0.3) is 21.6 Å². The number of hydrogen-bond acceptors (Lipinski definition) is 6. The van der Waals surface area contributed by atoms with Gasteiger partial charge in [-0.2, -0.15) is 0 Å². The van der Waals surface area contributed by atoms with Crippen LogP contribution in [-0.4, -0.2) is 31.4 Å². The van der Waals surface area contributed by atoms with Crippen LogP contribution in [0.5, 0.6) is 0 Å². The van der Waals surface area contributed by atoms with Crippen LogP contribution in [-0.2, 0) is 11.8 Å². The molecule has 0 radical (unpaired) electrons. The van der Waals surface area contributed by atoms with E-state index in [1.165, 1.54) is 40.8 Å². The highest BCUT2D eigenvalue weighted by Crippen LogP contribution is 2.27. The number of halogens is 1. The summed E-state index contributed by atoms with van der Waals surface area (Å²) < 4.78 is 15.8. The number of aromatic nitrogens is 4. The number of anilines is 1. The molecule has 0 fully saturated rings. The number of fused-ring (bicyclic) bond motifs is 1. The molecule has 0 aliphatic rings. The Morgan fingerprint density at radius 3 is 2.79 bits per heavy atom. The van der Waals surface area contributed by atoms with Crippen LogP contribution in [0.2, 0.25) is 0 Å². The van der Waals surface area contributed by atoms with Crippen molar-refractivity contribution in [2.45, 2.75) is 12.1 Å². The molecule has 9 heteroatoms. The average Bonchev–Trinajstić information content (AvgIpc) is 3.23. The second-order valence-electron chi connectivity index (χ2n) is 6.20. The van der Waals surface area contributed by atoms with Crippen molar-refractivity contribution in [3.63, 3.8) is 0 Å². The molecule has 4 rings (SSSR count). The van der Waals surface area contributed by atoms with Crippen LogP contribution in [0.1, 0.15) is 5.56 Å². The maximum absolute atomic E-state index is 13.3. The summed E-state index contributed by atoms with van der Waals surface area (Å²) in [7, 11) is 1.87. The maximum atomic E-state index is 13.3. The maximum Gasteiger partial charge on any atom is 0.236 e. The Labute approximate surface area is 168 Å². The molecule has 4 aromatic rings. The number of nitrogens with zero attached hydrogens (tertiary/aromatic N) is 4. The molecule has 2 aromatic carbocycles. The lowest BCUT2D eigenvalue weighted by Gasteiger charge is -2.04. The highest BCUT2D eigenvalue weighted by molar-refractivity contribution is 7.99. The predicted molar refractivity (Wildman–Crippen MR) is 110 cm³/mol. The van der Waals surface area contributed by atoms with Crippen molar-refractivity contribution in [3.8, 4) is 11.4 Å². The first kappa shape index (κ1) is 18.6. The zero-order valence-corrected chi connectivity index (χ0v) is 16.8. The van der Waals surface area contributed by atoms with Crippen molar-refractivity contribution in [2.24, 2.45) is 7.05 Å². The standard InChI is InChI=1S/C19H16FN5OS2/c1-11-3-5-12(6-4-11)17-23-24-19(25(17)2)27-10-16(26)22-18-21-14-8-7-13(20)9-15(14)28-18/h3-9H,10H2,1-2H3,(H,21,22,26). The molecule has 1 amide bonds. The minimum atomic E-state index is -0.323. The predicted octanol–water partition coefficient (Wildman–Crippen LogP) is 4.27. The summed E-state index contributed by atoms with van der Waals surface area (Å²) in [5, 5.41) is 12.3. The molecule has 6 nitrogen and oxygen atoms in total. The van der Waals surface area contributed by atoms with Gasteiger partial charge in [-0.3, -0.25) is 4.79 Å². The third-order valence-corrected chi connectivity index (χ3v) is 6.03. The van der Waals surface area contributed by atoms with Crippen LogP contribution in [0.15, 0.2) is 47.6 Å².